The minimum absolute atomic E-state index is 0.0175. The second-order valence-electron chi connectivity index (χ2n) is 26.7. The fourth-order valence-electron chi connectivity index (χ4n) is 12.5. The molecule has 2 unspecified atom stereocenters. The maximum atomic E-state index is 12.6. The molecule has 1 amide bonds. The molecule has 0 bridgehead atoms. The Balaban J connectivity index is 3.38. The summed E-state index contributed by atoms with van der Waals surface area (Å²) >= 11 is 0. The third-order valence-corrected chi connectivity index (χ3v) is 18.3. The van der Waals surface area contributed by atoms with Crippen LogP contribution in [0.4, 0.5) is 0 Å². The number of aliphatic hydroxyl groups is 2. The molecule has 6 heteroatoms. The minimum Gasteiger partial charge on any atom is -0.466 e. The Morgan fingerprint density at radius 2 is 0.566 bits per heavy atom. The molecule has 494 valence electrons. The average molecular weight is 1170 g/mol. The lowest BCUT2D eigenvalue weighted by Gasteiger charge is -2.22. The van der Waals surface area contributed by atoms with Gasteiger partial charge in [0.25, 0.3) is 0 Å². The molecule has 0 aromatic rings. The van der Waals surface area contributed by atoms with E-state index in [0.29, 0.717) is 25.9 Å². The zero-order valence-corrected chi connectivity index (χ0v) is 56.7. The smallest absolute Gasteiger partial charge is 0.305 e. The number of amides is 1. The van der Waals surface area contributed by atoms with Gasteiger partial charge < -0.3 is 20.3 Å². The summed E-state index contributed by atoms with van der Waals surface area (Å²) in [6.07, 6.45) is 91.4. The Bertz CT molecular complexity index is 1260. The number of unbranched alkanes of at least 4 members (excludes halogenated alkanes) is 60. The van der Waals surface area contributed by atoms with Gasteiger partial charge in [0.1, 0.15) is 0 Å². The van der Waals surface area contributed by atoms with Crippen molar-refractivity contribution in [1.29, 1.82) is 0 Å². The van der Waals surface area contributed by atoms with E-state index in [9.17, 15) is 19.8 Å². The minimum atomic E-state index is -0.669. The number of nitrogens with one attached hydrogen (secondary N) is 1. The Labute approximate surface area is 520 Å². The summed E-state index contributed by atoms with van der Waals surface area (Å²) in [4.78, 5) is 24.7. The summed E-state index contributed by atoms with van der Waals surface area (Å²) in [7, 11) is 0. The van der Waals surface area contributed by atoms with Gasteiger partial charge >= 0.3 is 5.97 Å². The predicted octanol–water partition coefficient (Wildman–Crippen LogP) is 25.1. The van der Waals surface area contributed by atoms with Crippen molar-refractivity contribution in [2.45, 2.75) is 456 Å². The normalized spacial score (nSPS) is 12.5. The highest BCUT2D eigenvalue weighted by atomic mass is 16.5. The van der Waals surface area contributed by atoms with E-state index in [2.05, 4.69) is 31.3 Å². The SMILES string of the molecule is CCCCCCCCCCCCCCCCCCCCCCCCCCCC(O)C(CO)NC(=O)CCCCCCCCC/C=C\CCCCCCCCCCCCCCOC(=O)CCCCCCCCCCCCCCCCCCCC. The summed E-state index contributed by atoms with van der Waals surface area (Å²) in [6.45, 7) is 5.01. The van der Waals surface area contributed by atoms with Crippen molar-refractivity contribution in [1.82, 2.24) is 5.32 Å². The Morgan fingerprint density at radius 1 is 0.325 bits per heavy atom. The fraction of sp³-hybridized carbons (Fsp3) is 0.948. The zero-order valence-electron chi connectivity index (χ0n) is 56.7. The van der Waals surface area contributed by atoms with Crippen LogP contribution in [0.25, 0.3) is 0 Å². The number of hydrogen-bond acceptors (Lipinski definition) is 5. The average Bonchev–Trinajstić information content (AvgIpc) is 3.49. The van der Waals surface area contributed by atoms with Crippen LogP contribution in [0.2, 0.25) is 0 Å². The van der Waals surface area contributed by atoms with Crippen LogP contribution in [0.3, 0.4) is 0 Å². The van der Waals surface area contributed by atoms with E-state index in [1.54, 1.807) is 0 Å². The lowest BCUT2D eigenvalue weighted by atomic mass is 10.0. The molecule has 83 heavy (non-hydrogen) atoms. The maximum Gasteiger partial charge on any atom is 0.305 e. The van der Waals surface area contributed by atoms with Crippen molar-refractivity contribution in [3.8, 4) is 0 Å². The molecule has 0 fully saturated rings. The first-order valence-corrected chi connectivity index (χ1v) is 38.4. The first-order chi connectivity index (χ1) is 41.0. The largest absolute Gasteiger partial charge is 0.466 e. The van der Waals surface area contributed by atoms with Crippen LogP contribution < -0.4 is 5.32 Å². The van der Waals surface area contributed by atoms with E-state index < -0.39 is 12.1 Å². The number of carbonyl (C=O) groups is 2. The molecule has 2 atom stereocenters. The molecule has 6 nitrogen and oxygen atoms in total. The highest BCUT2D eigenvalue weighted by molar-refractivity contribution is 5.76. The number of carbonyl (C=O) groups excluding carboxylic acids is 2. The summed E-state index contributed by atoms with van der Waals surface area (Å²) in [6, 6.07) is -0.547. The van der Waals surface area contributed by atoms with Crippen LogP contribution in [-0.4, -0.2) is 47.4 Å². The van der Waals surface area contributed by atoms with Crippen molar-refractivity contribution < 1.29 is 24.5 Å². The van der Waals surface area contributed by atoms with Crippen LogP contribution in [0.15, 0.2) is 12.2 Å². The number of hydrogen-bond donors (Lipinski definition) is 3. The summed E-state index contributed by atoms with van der Waals surface area (Å²) < 4.78 is 5.51. The Hall–Kier alpha value is -1.40. The molecule has 0 heterocycles. The summed E-state index contributed by atoms with van der Waals surface area (Å²) in [5, 5.41) is 23.5. The van der Waals surface area contributed by atoms with Crippen LogP contribution in [-0.2, 0) is 14.3 Å². The third-order valence-electron chi connectivity index (χ3n) is 18.3. The molecular weight excluding hydrogens is 1020 g/mol. The lowest BCUT2D eigenvalue weighted by molar-refractivity contribution is -0.143. The standard InChI is InChI=1S/C77H151NO5/c1-3-5-7-9-11-13-15-17-19-21-23-24-25-26-28-31-34-37-41-45-49-53-57-61-65-69-75(80)74(73-79)78-76(81)70-66-62-58-54-50-46-42-38-35-32-29-27-30-33-36-40-44-48-52-56-60-64-68-72-83-77(82)71-67-63-59-55-51-47-43-39-22-20-18-16-14-12-10-8-6-4-2/h32,35,74-75,79-80H,3-31,33-34,36-73H2,1-2H3,(H,78,81)/b35-32-. The van der Waals surface area contributed by atoms with E-state index in [1.807, 2.05) is 0 Å². The van der Waals surface area contributed by atoms with Gasteiger partial charge in [0.15, 0.2) is 0 Å². The van der Waals surface area contributed by atoms with E-state index >= 15 is 0 Å². The molecule has 0 saturated carbocycles. The van der Waals surface area contributed by atoms with Crippen molar-refractivity contribution in [3.63, 3.8) is 0 Å². The predicted molar refractivity (Wildman–Crippen MR) is 366 cm³/mol. The van der Waals surface area contributed by atoms with E-state index in [-0.39, 0.29) is 18.5 Å². The fourth-order valence-corrected chi connectivity index (χ4v) is 12.5. The quantitative estimate of drug-likeness (QED) is 0.0320. The molecule has 3 N–H and O–H groups in total. The number of ether oxygens (including phenoxy) is 1. The Morgan fingerprint density at radius 3 is 0.855 bits per heavy atom. The molecule has 0 aliphatic rings. The molecule has 0 rings (SSSR count). The van der Waals surface area contributed by atoms with Crippen molar-refractivity contribution in [3.05, 3.63) is 12.2 Å². The topological polar surface area (TPSA) is 95.9 Å². The van der Waals surface area contributed by atoms with Gasteiger partial charge in [-0.25, -0.2) is 0 Å². The van der Waals surface area contributed by atoms with E-state index in [0.717, 1.165) is 38.5 Å². The maximum absolute atomic E-state index is 12.6. The van der Waals surface area contributed by atoms with Gasteiger partial charge in [-0.3, -0.25) is 9.59 Å². The molecule has 0 aromatic carbocycles. The van der Waals surface area contributed by atoms with Crippen LogP contribution >= 0.6 is 0 Å². The molecule has 0 radical (unpaired) electrons. The number of esters is 1. The summed E-state index contributed by atoms with van der Waals surface area (Å²) in [5.74, 6) is -0.0179. The number of allylic oxidation sites excluding steroid dienone is 2. The van der Waals surface area contributed by atoms with E-state index in [1.165, 1.54) is 372 Å². The first kappa shape index (κ1) is 81.6. The van der Waals surface area contributed by atoms with E-state index in [4.69, 9.17) is 4.74 Å². The van der Waals surface area contributed by atoms with Crippen LogP contribution in [0, 0.1) is 0 Å². The highest BCUT2D eigenvalue weighted by Crippen LogP contribution is 2.20. The van der Waals surface area contributed by atoms with Gasteiger partial charge in [0.2, 0.25) is 5.91 Å². The summed E-state index contributed by atoms with van der Waals surface area (Å²) in [5.41, 5.74) is 0. The lowest BCUT2D eigenvalue weighted by Crippen LogP contribution is -2.45. The van der Waals surface area contributed by atoms with Gasteiger partial charge in [-0.2, -0.15) is 0 Å². The second kappa shape index (κ2) is 73.1. The van der Waals surface area contributed by atoms with Crippen LogP contribution in [0.5, 0.6) is 0 Å². The monoisotopic (exact) mass is 1170 g/mol. The molecule has 0 spiro atoms. The Kier molecular flexibility index (Phi) is 71.8. The molecule has 0 aliphatic carbocycles. The zero-order chi connectivity index (χ0) is 59.9. The second-order valence-corrected chi connectivity index (χ2v) is 26.7. The van der Waals surface area contributed by atoms with Gasteiger partial charge in [0, 0.05) is 12.8 Å². The number of rotatable bonds is 73. The highest BCUT2D eigenvalue weighted by Gasteiger charge is 2.20. The van der Waals surface area contributed by atoms with Gasteiger partial charge in [-0.1, -0.05) is 392 Å². The molecular formula is C77H151NO5. The number of aliphatic hydroxyl groups excluding tert-OH is 2. The third kappa shape index (κ3) is 69.6. The molecule has 0 saturated heterocycles. The van der Waals surface area contributed by atoms with Gasteiger partial charge in [-0.05, 0) is 51.4 Å². The van der Waals surface area contributed by atoms with Crippen molar-refractivity contribution in [2.24, 2.45) is 0 Å². The molecule has 0 aromatic heterocycles. The van der Waals surface area contributed by atoms with Gasteiger partial charge in [0.05, 0.1) is 25.4 Å². The van der Waals surface area contributed by atoms with Gasteiger partial charge in [-0.15, -0.1) is 0 Å². The first-order valence-electron chi connectivity index (χ1n) is 38.4. The van der Waals surface area contributed by atoms with Crippen molar-refractivity contribution in [2.75, 3.05) is 13.2 Å². The van der Waals surface area contributed by atoms with Crippen molar-refractivity contribution >= 4 is 11.9 Å². The van der Waals surface area contributed by atoms with Crippen LogP contribution in [0.1, 0.15) is 444 Å². The molecule has 0 aliphatic heterocycles.